The third-order valence-corrected chi connectivity index (χ3v) is 3.57. The zero-order valence-corrected chi connectivity index (χ0v) is 9.94. The Bertz CT molecular complexity index is 528. The summed E-state index contributed by atoms with van der Waals surface area (Å²) in [6, 6.07) is 8.66. The van der Waals surface area contributed by atoms with Gasteiger partial charge in [0.15, 0.2) is 0 Å². The Labute approximate surface area is 101 Å². The van der Waals surface area contributed by atoms with Crippen molar-refractivity contribution in [2.24, 2.45) is 0 Å². The zero-order valence-electron chi connectivity index (χ0n) is 9.94. The van der Waals surface area contributed by atoms with Gasteiger partial charge >= 0.3 is 0 Å². The highest BCUT2D eigenvalue weighted by molar-refractivity contribution is 5.48. The van der Waals surface area contributed by atoms with Crippen molar-refractivity contribution in [2.75, 3.05) is 5.73 Å². The van der Waals surface area contributed by atoms with Crippen LogP contribution in [0.1, 0.15) is 41.1 Å². The Balaban J connectivity index is 2.05. The largest absolute Gasteiger partial charge is 0.367 e. The second-order valence-corrected chi connectivity index (χ2v) is 4.76. The van der Waals surface area contributed by atoms with Crippen molar-refractivity contribution in [3.63, 3.8) is 0 Å². The monoisotopic (exact) mass is 228 g/mol. The van der Waals surface area contributed by atoms with Crippen LogP contribution in [-0.2, 0) is 6.42 Å². The van der Waals surface area contributed by atoms with Crippen LogP contribution in [0.25, 0.3) is 0 Å². The van der Waals surface area contributed by atoms with Gasteiger partial charge in [-0.1, -0.05) is 35.0 Å². The number of hydrogen-bond acceptors (Lipinski definition) is 3. The molecular formula is C14H16N2O. The quantitative estimate of drug-likeness (QED) is 0.816. The lowest BCUT2D eigenvalue weighted by atomic mass is 9.81. The third kappa shape index (κ3) is 1.71. The highest BCUT2D eigenvalue weighted by Gasteiger charge is 2.27. The predicted molar refractivity (Wildman–Crippen MR) is 66.9 cm³/mol. The summed E-state index contributed by atoms with van der Waals surface area (Å²) in [6.07, 6.45) is 3.26. The highest BCUT2D eigenvalue weighted by Crippen LogP contribution is 2.39. The molecule has 0 bridgehead atoms. The number of hydrogen-bond donors (Lipinski definition) is 1. The maximum absolute atomic E-state index is 5.89. The number of aryl methyl sites for hydroxylation is 2. The normalized spacial score (nSPS) is 19.0. The molecule has 1 atom stereocenters. The fourth-order valence-electron chi connectivity index (χ4n) is 2.65. The molecule has 1 unspecified atom stereocenters. The van der Waals surface area contributed by atoms with Gasteiger partial charge in [-0.05, 0) is 31.7 Å². The van der Waals surface area contributed by atoms with Crippen LogP contribution in [0.4, 0.5) is 5.88 Å². The molecule has 88 valence electrons. The summed E-state index contributed by atoms with van der Waals surface area (Å²) in [6.45, 7) is 2.10. The molecule has 0 spiro atoms. The van der Waals surface area contributed by atoms with E-state index in [0.717, 1.165) is 30.5 Å². The molecule has 0 aliphatic heterocycles. The van der Waals surface area contributed by atoms with E-state index in [1.807, 2.05) is 0 Å². The average Bonchev–Trinajstić information content (AvgIpc) is 2.73. The minimum Gasteiger partial charge on any atom is -0.367 e. The summed E-state index contributed by atoms with van der Waals surface area (Å²) >= 11 is 0. The van der Waals surface area contributed by atoms with Crippen molar-refractivity contribution in [3.05, 3.63) is 46.6 Å². The van der Waals surface area contributed by atoms with Crippen molar-refractivity contribution in [2.45, 2.75) is 32.1 Å². The average molecular weight is 228 g/mol. The van der Waals surface area contributed by atoms with Crippen molar-refractivity contribution >= 4 is 5.88 Å². The predicted octanol–water partition coefficient (Wildman–Crippen LogP) is 3.03. The summed E-state index contributed by atoms with van der Waals surface area (Å²) in [5, 5.41) is 4.05. The van der Waals surface area contributed by atoms with Crippen LogP contribution in [0.3, 0.4) is 0 Å². The Morgan fingerprint density at radius 3 is 2.82 bits per heavy atom. The lowest BCUT2D eigenvalue weighted by Crippen LogP contribution is -2.11. The smallest absolute Gasteiger partial charge is 0.226 e. The Morgan fingerprint density at radius 1 is 1.29 bits per heavy atom. The van der Waals surface area contributed by atoms with Crippen LogP contribution in [-0.4, -0.2) is 5.16 Å². The molecule has 3 heteroatoms. The van der Waals surface area contributed by atoms with Gasteiger partial charge in [0.25, 0.3) is 0 Å². The van der Waals surface area contributed by atoms with Gasteiger partial charge in [-0.2, -0.15) is 0 Å². The maximum atomic E-state index is 5.89. The minimum absolute atomic E-state index is 0.352. The summed E-state index contributed by atoms with van der Waals surface area (Å²) < 4.78 is 5.12. The first-order chi connectivity index (χ1) is 8.25. The van der Waals surface area contributed by atoms with E-state index in [1.165, 1.54) is 11.1 Å². The van der Waals surface area contributed by atoms with Crippen molar-refractivity contribution < 1.29 is 4.52 Å². The van der Waals surface area contributed by atoms with Crippen molar-refractivity contribution in [3.8, 4) is 0 Å². The summed E-state index contributed by atoms with van der Waals surface area (Å²) in [5.74, 6) is 0.843. The second-order valence-electron chi connectivity index (χ2n) is 4.76. The molecular weight excluding hydrogens is 212 g/mol. The Morgan fingerprint density at radius 2 is 2.06 bits per heavy atom. The minimum atomic E-state index is 0.352. The van der Waals surface area contributed by atoms with E-state index in [-0.39, 0.29) is 0 Å². The number of rotatable bonds is 1. The SMILES string of the molecule is Cc1ccc(C2CCCc3noc(N)c32)cc1. The zero-order chi connectivity index (χ0) is 11.8. The van der Waals surface area contributed by atoms with Crippen LogP contribution in [0.15, 0.2) is 28.8 Å². The van der Waals surface area contributed by atoms with Crippen LogP contribution in [0, 0.1) is 6.92 Å². The topological polar surface area (TPSA) is 52.0 Å². The molecule has 1 aromatic carbocycles. The molecule has 2 aromatic rings. The van der Waals surface area contributed by atoms with Gasteiger partial charge < -0.3 is 10.3 Å². The molecule has 1 heterocycles. The molecule has 0 saturated heterocycles. The van der Waals surface area contributed by atoms with Gasteiger partial charge in [0, 0.05) is 11.5 Å². The summed E-state index contributed by atoms with van der Waals surface area (Å²) in [5.41, 5.74) is 10.6. The van der Waals surface area contributed by atoms with Crippen LogP contribution < -0.4 is 5.73 Å². The molecule has 1 aliphatic carbocycles. The van der Waals surface area contributed by atoms with E-state index in [1.54, 1.807) is 0 Å². The van der Waals surface area contributed by atoms with Crippen LogP contribution >= 0.6 is 0 Å². The number of nitrogens with two attached hydrogens (primary N) is 1. The number of aromatic nitrogens is 1. The number of anilines is 1. The first-order valence-corrected chi connectivity index (χ1v) is 6.06. The van der Waals surface area contributed by atoms with Crippen molar-refractivity contribution in [1.82, 2.24) is 5.16 Å². The van der Waals surface area contributed by atoms with E-state index < -0.39 is 0 Å². The van der Waals surface area contributed by atoms with E-state index in [2.05, 4.69) is 36.3 Å². The van der Waals surface area contributed by atoms with Crippen molar-refractivity contribution in [1.29, 1.82) is 0 Å². The summed E-state index contributed by atoms with van der Waals surface area (Å²) in [7, 11) is 0. The van der Waals surface area contributed by atoms with Crippen LogP contribution in [0.5, 0.6) is 0 Å². The summed E-state index contributed by atoms with van der Waals surface area (Å²) in [4.78, 5) is 0. The first-order valence-electron chi connectivity index (χ1n) is 6.06. The molecule has 0 amide bonds. The van der Waals surface area contributed by atoms with Crippen LogP contribution in [0.2, 0.25) is 0 Å². The maximum Gasteiger partial charge on any atom is 0.226 e. The van der Waals surface area contributed by atoms with Gasteiger partial charge in [-0.25, -0.2) is 0 Å². The lowest BCUT2D eigenvalue weighted by molar-refractivity contribution is 0.427. The number of benzene rings is 1. The molecule has 1 aromatic heterocycles. The molecule has 2 N–H and O–H groups in total. The number of nitrogens with zero attached hydrogens (tertiary/aromatic N) is 1. The molecule has 0 radical (unpaired) electrons. The molecule has 17 heavy (non-hydrogen) atoms. The molecule has 0 saturated carbocycles. The van der Waals surface area contributed by atoms with E-state index in [9.17, 15) is 0 Å². The fourth-order valence-corrected chi connectivity index (χ4v) is 2.65. The fraction of sp³-hybridized carbons (Fsp3) is 0.357. The number of fused-ring (bicyclic) bond motifs is 1. The third-order valence-electron chi connectivity index (χ3n) is 3.57. The Kier molecular flexibility index (Phi) is 2.39. The second kappa shape index (κ2) is 3.91. The Hall–Kier alpha value is -1.77. The van der Waals surface area contributed by atoms with Gasteiger partial charge in [0.05, 0.1) is 5.69 Å². The highest BCUT2D eigenvalue weighted by atomic mass is 16.5. The lowest BCUT2D eigenvalue weighted by Gasteiger charge is -2.21. The van der Waals surface area contributed by atoms with Gasteiger partial charge in [-0.15, -0.1) is 0 Å². The standard InChI is InChI=1S/C14H16N2O/c1-9-5-7-10(8-6-9)11-3-2-4-12-13(11)14(15)17-16-12/h5-8,11H,2-4,15H2,1H3. The number of nitrogen functional groups attached to an aromatic ring is 1. The van der Waals surface area contributed by atoms with E-state index in [0.29, 0.717) is 11.8 Å². The van der Waals surface area contributed by atoms with Gasteiger partial charge in [-0.3, -0.25) is 0 Å². The molecule has 3 nitrogen and oxygen atoms in total. The first kappa shape index (κ1) is 10.4. The molecule has 1 aliphatic rings. The molecule has 0 fully saturated rings. The van der Waals surface area contributed by atoms with E-state index in [4.69, 9.17) is 10.3 Å². The van der Waals surface area contributed by atoms with E-state index >= 15 is 0 Å². The van der Waals surface area contributed by atoms with Gasteiger partial charge in [0.1, 0.15) is 0 Å². The van der Waals surface area contributed by atoms with Gasteiger partial charge in [0.2, 0.25) is 5.88 Å². The molecule has 3 rings (SSSR count).